The van der Waals surface area contributed by atoms with E-state index in [9.17, 15) is 0 Å². The molecule has 2 aromatic carbocycles. The minimum absolute atomic E-state index is 0.492. The Balaban J connectivity index is 1.46. The van der Waals surface area contributed by atoms with Crippen LogP contribution in [0, 0.1) is 5.92 Å². The molecule has 0 saturated carbocycles. The van der Waals surface area contributed by atoms with Gasteiger partial charge in [0.15, 0.2) is 5.15 Å². The summed E-state index contributed by atoms with van der Waals surface area (Å²) in [6.45, 7) is 3.30. The lowest BCUT2D eigenvalue weighted by Crippen LogP contribution is -2.20. The van der Waals surface area contributed by atoms with Crippen LogP contribution in [-0.4, -0.2) is 28.2 Å². The van der Waals surface area contributed by atoms with E-state index < -0.39 is 0 Å². The fourth-order valence-corrected chi connectivity index (χ4v) is 3.82. The number of hydrogen-bond donors (Lipinski definition) is 0. The first-order valence-electron chi connectivity index (χ1n) is 8.45. The van der Waals surface area contributed by atoms with Gasteiger partial charge in [0, 0.05) is 23.9 Å². The summed E-state index contributed by atoms with van der Waals surface area (Å²) in [7, 11) is 0. The van der Waals surface area contributed by atoms with E-state index in [1.807, 2.05) is 18.2 Å². The Bertz CT molecular complexity index is 835. The van der Waals surface area contributed by atoms with Crippen molar-refractivity contribution in [1.82, 2.24) is 15.1 Å². The number of halogens is 1. The normalized spacial score (nSPS) is 18.3. The zero-order valence-corrected chi connectivity index (χ0v) is 14.3. The van der Waals surface area contributed by atoms with Crippen molar-refractivity contribution in [3.63, 3.8) is 0 Å². The molecule has 1 fully saturated rings. The number of aromatic nitrogens is 2. The van der Waals surface area contributed by atoms with Crippen LogP contribution >= 0.6 is 11.6 Å². The Morgan fingerprint density at radius 1 is 0.958 bits per heavy atom. The monoisotopic (exact) mass is 337 g/mol. The maximum Gasteiger partial charge on any atom is 0.159 e. The van der Waals surface area contributed by atoms with Gasteiger partial charge in [-0.25, -0.2) is 0 Å². The van der Waals surface area contributed by atoms with Crippen LogP contribution in [-0.2, 0) is 13.0 Å². The molecule has 4 rings (SSSR count). The van der Waals surface area contributed by atoms with Crippen LogP contribution in [0.2, 0.25) is 5.15 Å². The highest BCUT2D eigenvalue weighted by Gasteiger charge is 2.24. The van der Waals surface area contributed by atoms with Crippen LogP contribution in [0.5, 0.6) is 0 Å². The number of likely N-dealkylation sites (tertiary alicyclic amines) is 1. The average molecular weight is 338 g/mol. The minimum Gasteiger partial charge on any atom is -0.299 e. The molecule has 3 aromatic rings. The predicted octanol–water partition coefficient (Wildman–Crippen LogP) is 4.35. The second-order valence-corrected chi connectivity index (χ2v) is 6.92. The van der Waals surface area contributed by atoms with Gasteiger partial charge in [0.05, 0.1) is 5.69 Å². The molecule has 1 unspecified atom stereocenters. The molecule has 0 N–H and O–H groups in total. The highest BCUT2D eigenvalue weighted by molar-refractivity contribution is 6.34. The Morgan fingerprint density at radius 3 is 2.54 bits per heavy atom. The van der Waals surface area contributed by atoms with Gasteiger partial charge in [-0.1, -0.05) is 66.2 Å². The quantitative estimate of drug-likeness (QED) is 0.708. The lowest BCUT2D eigenvalue weighted by Gasteiger charge is -2.16. The van der Waals surface area contributed by atoms with Gasteiger partial charge in [0.25, 0.3) is 0 Å². The molecule has 2 heterocycles. The summed E-state index contributed by atoms with van der Waals surface area (Å²) in [4.78, 5) is 2.53. The van der Waals surface area contributed by atoms with Crippen LogP contribution in [0.25, 0.3) is 10.8 Å². The molecular formula is C20H20ClN3. The van der Waals surface area contributed by atoms with Crippen molar-refractivity contribution in [3.05, 3.63) is 71.0 Å². The second kappa shape index (κ2) is 6.88. The Labute approximate surface area is 147 Å². The first-order valence-corrected chi connectivity index (χ1v) is 8.83. The van der Waals surface area contributed by atoms with Crippen molar-refractivity contribution in [3.8, 4) is 0 Å². The molecule has 1 aromatic heterocycles. The van der Waals surface area contributed by atoms with Crippen LogP contribution in [0.1, 0.15) is 17.7 Å². The lowest BCUT2D eigenvalue weighted by molar-refractivity contribution is 0.316. The smallest absolute Gasteiger partial charge is 0.159 e. The summed E-state index contributed by atoms with van der Waals surface area (Å²) in [6.07, 6.45) is 2.18. The van der Waals surface area contributed by atoms with E-state index in [1.54, 1.807) is 0 Å². The van der Waals surface area contributed by atoms with Gasteiger partial charge in [-0.05, 0) is 30.9 Å². The van der Waals surface area contributed by atoms with Gasteiger partial charge in [-0.15, -0.1) is 5.10 Å². The Hall–Kier alpha value is -1.97. The van der Waals surface area contributed by atoms with E-state index in [0.29, 0.717) is 11.1 Å². The highest BCUT2D eigenvalue weighted by atomic mass is 35.5. The largest absolute Gasteiger partial charge is 0.299 e. The van der Waals surface area contributed by atoms with Gasteiger partial charge < -0.3 is 0 Å². The standard InChI is InChI=1S/C20H20ClN3/c21-20-18-9-5-4-8-17(18)19(22-23-20)12-16-10-11-24(14-16)13-15-6-2-1-3-7-15/h1-9,16H,10-14H2. The number of rotatable bonds is 4. The zero-order valence-electron chi connectivity index (χ0n) is 13.5. The van der Waals surface area contributed by atoms with Crippen LogP contribution in [0.15, 0.2) is 54.6 Å². The summed E-state index contributed by atoms with van der Waals surface area (Å²) < 4.78 is 0. The van der Waals surface area contributed by atoms with Crippen molar-refractivity contribution in [2.45, 2.75) is 19.4 Å². The molecule has 0 spiro atoms. The van der Waals surface area contributed by atoms with Crippen molar-refractivity contribution < 1.29 is 0 Å². The first-order chi connectivity index (χ1) is 11.8. The molecule has 0 amide bonds. The molecule has 1 atom stereocenters. The van der Waals surface area contributed by atoms with Gasteiger partial charge in [-0.2, -0.15) is 5.10 Å². The summed E-state index contributed by atoms with van der Waals surface area (Å²) >= 11 is 6.18. The molecule has 0 radical (unpaired) electrons. The zero-order chi connectivity index (χ0) is 16.4. The maximum absolute atomic E-state index is 6.18. The van der Waals surface area contributed by atoms with E-state index in [1.165, 1.54) is 12.0 Å². The van der Waals surface area contributed by atoms with E-state index >= 15 is 0 Å². The fourth-order valence-electron chi connectivity index (χ4n) is 3.62. The molecule has 4 heteroatoms. The summed E-state index contributed by atoms with van der Waals surface area (Å²) in [5.41, 5.74) is 2.46. The molecule has 1 saturated heterocycles. The van der Waals surface area contributed by atoms with Crippen LogP contribution in [0.3, 0.4) is 0 Å². The second-order valence-electron chi connectivity index (χ2n) is 6.56. The van der Waals surface area contributed by atoms with E-state index in [-0.39, 0.29) is 0 Å². The van der Waals surface area contributed by atoms with Gasteiger partial charge in [-0.3, -0.25) is 4.90 Å². The molecule has 1 aliphatic heterocycles. The maximum atomic E-state index is 6.18. The van der Waals surface area contributed by atoms with E-state index in [0.717, 1.165) is 42.5 Å². The van der Waals surface area contributed by atoms with Crippen LogP contribution in [0.4, 0.5) is 0 Å². The summed E-state index contributed by atoms with van der Waals surface area (Å²) in [5.74, 6) is 0.632. The molecular weight excluding hydrogens is 318 g/mol. The van der Waals surface area contributed by atoms with Crippen LogP contribution < -0.4 is 0 Å². The summed E-state index contributed by atoms with van der Waals surface area (Å²) in [6, 6.07) is 18.8. The first kappa shape index (κ1) is 15.6. The number of fused-ring (bicyclic) bond motifs is 1. The van der Waals surface area contributed by atoms with E-state index in [2.05, 4.69) is 51.5 Å². The van der Waals surface area contributed by atoms with Crippen molar-refractivity contribution in [2.24, 2.45) is 5.92 Å². The molecule has 0 aliphatic carbocycles. The molecule has 24 heavy (non-hydrogen) atoms. The number of nitrogens with zero attached hydrogens (tertiary/aromatic N) is 3. The number of benzene rings is 2. The fraction of sp³-hybridized carbons (Fsp3) is 0.300. The Kier molecular flexibility index (Phi) is 4.46. The van der Waals surface area contributed by atoms with Crippen molar-refractivity contribution in [1.29, 1.82) is 0 Å². The van der Waals surface area contributed by atoms with Gasteiger partial charge >= 0.3 is 0 Å². The highest BCUT2D eigenvalue weighted by Crippen LogP contribution is 2.27. The number of hydrogen-bond acceptors (Lipinski definition) is 3. The van der Waals surface area contributed by atoms with Gasteiger partial charge in [0.1, 0.15) is 0 Å². The third kappa shape index (κ3) is 3.28. The van der Waals surface area contributed by atoms with Gasteiger partial charge in [0.2, 0.25) is 0 Å². The lowest BCUT2D eigenvalue weighted by atomic mass is 9.99. The topological polar surface area (TPSA) is 29.0 Å². The molecule has 0 bridgehead atoms. The molecule has 3 nitrogen and oxygen atoms in total. The third-order valence-electron chi connectivity index (χ3n) is 4.82. The third-order valence-corrected chi connectivity index (χ3v) is 5.10. The average Bonchev–Trinajstić information content (AvgIpc) is 3.05. The van der Waals surface area contributed by atoms with Crippen molar-refractivity contribution >= 4 is 22.4 Å². The molecule has 122 valence electrons. The SMILES string of the molecule is Clc1nnc(CC2CCN(Cc3ccccc3)C2)c2ccccc12. The predicted molar refractivity (Wildman–Crippen MR) is 98.1 cm³/mol. The van der Waals surface area contributed by atoms with Crippen molar-refractivity contribution in [2.75, 3.05) is 13.1 Å². The summed E-state index contributed by atoms with van der Waals surface area (Å²) in [5, 5.41) is 11.1. The molecule has 1 aliphatic rings. The minimum atomic E-state index is 0.492. The Morgan fingerprint density at radius 2 is 1.71 bits per heavy atom. The van der Waals surface area contributed by atoms with E-state index in [4.69, 9.17) is 11.6 Å².